The van der Waals surface area contributed by atoms with Crippen molar-refractivity contribution >= 4 is 45.6 Å². The fourth-order valence-electron chi connectivity index (χ4n) is 1.85. The molecule has 0 aliphatic carbocycles. The SMILES string of the molecule is CCOC(=O)c1ccc(NCc2cccs2)c(I)c1C. The van der Waals surface area contributed by atoms with Crippen molar-refractivity contribution in [3.63, 3.8) is 0 Å². The van der Waals surface area contributed by atoms with Gasteiger partial charge in [-0.2, -0.15) is 0 Å². The maximum Gasteiger partial charge on any atom is 0.338 e. The molecule has 106 valence electrons. The van der Waals surface area contributed by atoms with Gasteiger partial charge in [0.15, 0.2) is 0 Å². The zero-order chi connectivity index (χ0) is 14.5. The molecule has 0 spiro atoms. The number of carbonyl (C=O) groups is 1. The summed E-state index contributed by atoms with van der Waals surface area (Å²) in [5, 5.41) is 5.47. The molecule has 1 aromatic carbocycles. The molecule has 0 radical (unpaired) electrons. The van der Waals surface area contributed by atoms with Gasteiger partial charge in [-0.3, -0.25) is 0 Å². The highest BCUT2D eigenvalue weighted by Crippen LogP contribution is 2.26. The highest BCUT2D eigenvalue weighted by atomic mass is 127. The van der Waals surface area contributed by atoms with E-state index in [0.29, 0.717) is 12.2 Å². The molecule has 0 bridgehead atoms. The quantitative estimate of drug-likeness (QED) is 0.594. The van der Waals surface area contributed by atoms with Crippen LogP contribution < -0.4 is 5.32 Å². The maximum atomic E-state index is 11.8. The van der Waals surface area contributed by atoms with E-state index < -0.39 is 0 Å². The van der Waals surface area contributed by atoms with E-state index in [0.717, 1.165) is 21.4 Å². The van der Waals surface area contributed by atoms with Crippen LogP contribution in [-0.4, -0.2) is 12.6 Å². The molecule has 1 N–H and O–H groups in total. The first kappa shape index (κ1) is 15.3. The van der Waals surface area contributed by atoms with E-state index in [2.05, 4.69) is 39.4 Å². The Morgan fingerprint density at radius 2 is 2.20 bits per heavy atom. The van der Waals surface area contributed by atoms with E-state index in [1.54, 1.807) is 11.3 Å². The van der Waals surface area contributed by atoms with Crippen molar-refractivity contribution in [2.75, 3.05) is 11.9 Å². The van der Waals surface area contributed by atoms with Gasteiger partial charge in [-0.05, 0) is 65.6 Å². The van der Waals surface area contributed by atoms with E-state index in [4.69, 9.17) is 4.74 Å². The lowest BCUT2D eigenvalue weighted by Crippen LogP contribution is -2.09. The van der Waals surface area contributed by atoms with Crippen molar-refractivity contribution in [2.24, 2.45) is 0 Å². The van der Waals surface area contributed by atoms with Crippen molar-refractivity contribution in [2.45, 2.75) is 20.4 Å². The van der Waals surface area contributed by atoms with Crippen molar-refractivity contribution in [1.29, 1.82) is 0 Å². The van der Waals surface area contributed by atoms with Crippen molar-refractivity contribution in [3.8, 4) is 0 Å². The van der Waals surface area contributed by atoms with Gasteiger partial charge in [-0.15, -0.1) is 11.3 Å². The lowest BCUT2D eigenvalue weighted by atomic mass is 10.1. The highest BCUT2D eigenvalue weighted by Gasteiger charge is 2.14. The highest BCUT2D eigenvalue weighted by molar-refractivity contribution is 14.1. The minimum Gasteiger partial charge on any atom is -0.462 e. The van der Waals surface area contributed by atoms with Crippen LogP contribution in [-0.2, 0) is 11.3 Å². The van der Waals surface area contributed by atoms with E-state index >= 15 is 0 Å². The van der Waals surface area contributed by atoms with Gasteiger partial charge in [0, 0.05) is 20.7 Å². The number of anilines is 1. The Morgan fingerprint density at radius 3 is 2.85 bits per heavy atom. The van der Waals surface area contributed by atoms with Crippen LogP contribution in [0.2, 0.25) is 0 Å². The Labute approximate surface area is 136 Å². The Hall–Kier alpha value is -1.08. The lowest BCUT2D eigenvalue weighted by Gasteiger charge is -2.13. The van der Waals surface area contributed by atoms with E-state index in [9.17, 15) is 4.79 Å². The number of nitrogens with one attached hydrogen (secondary N) is 1. The molecule has 0 saturated heterocycles. The second kappa shape index (κ2) is 7.08. The number of hydrogen-bond acceptors (Lipinski definition) is 4. The van der Waals surface area contributed by atoms with Gasteiger partial charge in [0.05, 0.1) is 12.2 Å². The third-order valence-electron chi connectivity index (χ3n) is 2.91. The first-order chi connectivity index (χ1) is 9.63. The van der Waals surface area contributed by atoms with E-state index in [1.165, 1.54) is 4.88 Å². The van der Waals surface area contributed by atoms with Crippen LogP contribution in [0.3, 0.4) is 0 Å². The zero-order valence-electron chi connectivity index (χ0n) is 11.4. The number of ether oxygens (including phenoxy) is 1. The molecule has 1 aromatic heterocycles. The van der Waals surface area contributed by atoms with Gasteiger partial charge < -0.3 is 10.1 Å². The summed E-state index contributed by atoms with van der Waals surface area (Å²) in [6.07, 6.45) is 0. The van der Waals surface area contributed by atoms with Crippen LogP contribution in [0.5, 0.6) is 0 Å². The maximum absolute atomic E-state index is 11.8. The largest absolute Gasteiger partial charge is 0.462 e. The number of rotatable bonds is 5. The van der Waals surface area contributed by atoms with E-state index in [-0.39, 0.29) is 5.97 Å². The second-order valence-corrected chi connectivity index (χ2v) is 6.36. The fourth-order valence-corrected chi connectivity index (χ4v) is 3.15. The summed E-state index contributed by atoms with van der Waals surface area (Å²) < 4.78 is 6.12. The first-order valence-electron chi connectivity index (χ1n) is 6.36. The predicted octanol–water partition coefficient (Wildman–Crippen LogP) is 4.45. The molecule has 1 heterocycles. The van der Waals surface area contributed by atoms with Crippen LogP contribution >= 0.6 is 33.9 Å². The van der Waals surface area contributed by atoms with Gasteiger partial charge >= 0.3 is 5.97 Å². The number of halogens is 1. The van der Waals surface area contributed by atoms with Crippen LogP contribution in [0.1, 0.15) is 27.7 Å². The Kier molecular flexibility index (Phi) is 5.42. The predicted molar refractivity (Wildman–Crippen MR) is 91.5 cm³/mol. The number of hydrogen-bond donors (Lipinski definition) is 1. The fraction of sp³-hybridized carbons (Fsp3) is 0.267. The molecule has 0 saturated carbocycles. The van der Waals surface area contributed by atoms with Crippen LogP contribution in [0, 0.1) is 10.5 Å². The minimum absolute atomic E-state index is 0.257. The zero-order valence-corrected chi connectivity index (χ0v) is 14.4. The first-order valence-corrected chi connectivity index (χ1v) is 8.31. The molecule has 20 heavy (non-hydrogen) atoms. The Balaban J connectivity index is 2.15. The molecule has 0 unspecified atom stereocenters. The lowest BCUT2D eigenvalue weighted by molar-refractivity contribution is 0.0525. The average molecular weight is 401 g/mol. The molecule has 0 amide bonds. The Bertz CT molecular complexity index is 596. The smallest absolute Gasteiger partial charge is 0.338 e. The Morgan fingerprint density at radius 1 is 1.40 bits per heavy atom. The molecule has 2 aromatic rings. The van der Waals surface area contributed by atoms with Gasteiger partial charge in [0.25, 0.3) is 0 Å². The molecule has 0 fully saturated rings. The summed E-state index contributed by atoms with van der Waals surface area (Å²) in [5.41, 5.74) is 2.64. The second-order valence-electron chi connectivity index (χ2n) is 4.25. The van der Waals surface area contributed by atoms with E-state index in [1.807, 2.05) is 32.0 Å². The van der Waals surface area contributed by atoms with Gasteiger partial charge in [-0.1, -0.05) is 6.07 Å². The molecular weight excluding hydrogens is 385 g/mol. The summed E-state index contributed by atoms with van der Waals surface area (Å²) in [7, 11) is 0. The third kappa shape index (κ3) is 3.52. The number of benzene rings is 1. The summed E-state index contributed by atoms with van der Waals surface area (Å²) in [6, 6.07) is 7.91. The monoisotopic (exact) mass is 401 g/mol. The molecule has 3 nitrogen and oxygen atoms in total. The van der Waals surface area contributed by atoms with Crippen molar-refractivity contribution < 1.29 is 9.53 Å². The third-order valence-corrected chi connectivity index (χ3v) is 5.18. The van der Waals surface area contributed by atoms with Crippen molar-refractivity contribution in [3.05, 3.63) is 49.2 Å². The van der Waals surface area contributed by atoms with Crippen LogP contribution in [0.25, 0.3) is 0 Å². The molecule has 5 heteroatoms. The minimum atomic E-state index is -0.257. The number of thiophene rings is 1. The summed E-state index contributed by atoms with van der Waals surface area (Å²) in [5.74, 6) is -0.257. The molecular formula is C15H16INO2S. The van der Waals surface area contributed by atoms with Crippen LogP contribution in [0.4, 0.5) is 5.69 Å². The average Bonchev–Trinajstić information content (AvgIpc) is 2.94. The topological polar surface area (TPSA) is 38.3 Å². The standard InChI is InChI=1S/C15H16INO2S/c1-3-19-15(18)12-6-7-13(14(16)10(12)2)17-9-11-5-4-8-20-11/h4-8,17H,3,9H2,1-2H3. The summed E-state index contributed by atoms with van der Waals surface area (Å²) in [4.78, 5) is 13.1. The van der Waals surface area contributed by atoms with Crippen LogP contribution in [0.15, 0.2) is 29.6 Å². The van der Waals surface area contributed by atoms with Gasteiger partial charge in [0.1, 0.15) is 0 Å². The summed E-state index contributed by atoms with van der Waals surface area (Å²) in [6.45, 7) is 4.96. The van der Waals surface area contributed by atoms with Gasteiger partial charge in [-0.25, -0.2) is 4.79 Å². The molecule has 0 aliphatic heterocycles. The summed E-state index contributed by atoms with van der Waals surface area (Å²) >= 11 is 3.99. The normalized spacial score (nSPS) is 10.3. The van der Waals surface area contributed by atoms with Gasteiger partial charge in [0.2, 0.25) is 0 Å². The number of carbonyl (C=O) groups excluding carboxylic acids is 1. The molecule has 2 rings (SSSR count). The molecule has 0 aliphatic rings. The van der Waals surface area contributed by atoms with Crippen molar-refractivity contribution in [1.82, 2.24) is 0 Å². The molecule has 0 atom stereocenters. The number of esters is 1.